The Balaban J connectivity index is 2.06. The van der Waals surface area contributed by atoms with E-state index in [1.165, 1.54) is 29.6 Å². The first-order chi connectivity index (χ1) is 5.77. The van der Waals surface area contributed by atoms with Gasteiger partial charge in [-0.2, -0.15) is 0 Å². The molecule has 0 amide bonds. The average molecular weight is 184 g/mol. The van der Waals surface area contributed by atoms with Crippen molar-refractivity contribution in [1.29, 1.82) is 0 Å². The smallest absolute Gasteiger partial charge is 0.0663 e. The van der Waals surface area contributed by atoms with Crippen LogP contribution in [-0.2, 0) is 0 Å². The van der Waals surface area contributed by atoms with Gasteiger partial charge in [0, 0.05) is 36.9 Å². The van der Waals surface area contributed by atoms with Crippen LogP contribution in [0.1, 0.15) is 20.3 Å². The molecule has 0 aromatic heterocycles. The number of hydrogen-bond donors (Lipinski definition) is 0. The number of rotatable bonds is 1. The zero-order chi connectivity index (χ0) is 8.55. The summed E-state index contributed by atoms with van der Waals surface area (Å²) in [5.41, 5.74) is 0. The first kappa shape index (κ1) is 8.45. The minimum absolute atomic E-state index is 0.484. The molecule has 2 rings (SSSR count). The van der Waals surface area contributed by atoms with Crippen molar-refractivity contribution in [1.82, 2.24) is 4.90 Å². The van der Waals surface area contributed by atoms with E-state index >= 15 is 0 Å². The summed E-state index contributed by atoms with van der Waals surface area (Å²) in [7, 11) is 0.484. The quantitative estimate of drug-likeness (QED) is 0.564. The summed E-state index contributed by atoms with van der Waals surface area (Å²) in [5.74, 6) is 2.46. The molecule has 68 valence electrons. The molecule has 2 heterocycles. The Kier molecular flexibility index (Phi) is 2.33. The van der Waals surface area contributed by atoms with Crippen molar-refractivity contribution in [3.05, 3.63) is 0 Å². The molecule has 1 atom stereocenters. The summed E-state index contributed by atoms with van der Waals surface area (Å²) in [4.78, 5) is 8.48. The van der Waals surface area contributed by atoms with Crippen LogP contribution in [0.5, 0.6) is 0 Å². The molecule has 0 fully saturated rings. The zero-order valence-electron chi connectivity index (χ0n) is 7.79. The average Bonchev–Trinajstić information content (AvgIpc) is 2.49. The van der Waals surface area contributed by atoms with Gasteiger partial charge in [0.1, 0.15) is 0 Å². The number of aliphatic imine (C=N–C) groups is 1. The lowest BCUT2D eigenvalue weighted by atomic mass is 10.3. The van der Waals surface area contributed by atoms with Gasteiger partial charge in [-0.1, -0.05) is 0 Å². The van der Waals surface area contributed by atoms with Crippen molar-refractivity contribution in [2.75, 3.05) is 18.2 Å². The molecule has 1 unspecified atom stereocenters. The van der Waals surface area contributed by atoms with Gasteiger partial charge < -0.3 is 0 Å². The highest BCUT2D eigenvalue weighted by atomic mass is 32.2. The molecule has 2 nitrogen and oxygen atoms in total. The van der Waals surface area contributed by atoms with Gasteiger partial charge in [-0.25, -0.2) is 0 Å². The maximum absolute atomic E-state index is 4.43. The highest BCUT2D eigenvalue weighted by Gasteiger charge is 2.20. The molecule has 0 saturated heterocycles. The fourth-order valence-electron chi connectivity index (χ4n) is 1.65. The van der Waals surface area contributed by atoms with Gasteiger partial charge in [-0.3, -0.25) is 9.89 Å². The molecule has 0 saturated carbocycles. The van der Waals surface area contributed by atoms with E-state index in [9.17, 15) is 0 Å². The van der Waals surface area contributed by atoms with Crippen molar-refractivity contribution in [3.8, 4) is 0 Å². The van der Waals surface area contributed by atoms with Crippen LogP contribution < -0.4 is 0 Å². The summed E-state index contributed by atoms with van der Waals surface area (Å²) in [6.07, 6.45) is 3.31. The molecule has 3 heteroatoms. The lowest BCUT2D eigenvalue weighted by Gasteiger charge is -2.31. The Morgan fingerprint density at radius 1 is 1.58 bits per heavy atom. The molecule has 0 aliphatic carbocycles. The predicted molar refractivity (Wildman–Crippen MR) is 57.3 cm³/mol. The van der Waals surface area contributed by atoms with E-state index in [2.05, 4.69) is 30.0 Å². The van der Waals surface area contributed by atoms with E-state index in [0.29, 0.717) is 16.5 Å². The Bertz CT molecular complexity index is 243. The lowest BCUT2D eigenvalue weighted by molar-refractivity contribution is 0.267. The molecule has 0 radical (unpaired) electrons. The highest BCUT2D eigenvalue weighted by Crippen LogP contribution is 2.27. The molecule has 0 aromatic carbocycles. The third-order valence-electron chi connectivity index (χ3n) is 2.51. The van der Waals surface area contributed by atoms with E-state index in [-0.39, 0.29) is 0 Å². The Morgan fingerprint density at radius 2 is 2.42 bits per heavy atom. The predicted octanol–water partition coefficient (Wildman–Crippen LogP) is 1.54. The van der Waals surface area contributed by atoms with Gasteiger partial charge in [0.15, 0.2) is 0 Å². The van der Waals surface area contributed by atoms with Crippen LogP contribution in [0, 0.1) is 0 Å². The van der Waals surface area contributed by atoms with Crippen molar-refractivity contribution in [3.63, 3.8) is 0 Å². The van der Waals surface area contributed by atoms with E-state index in [4.69, 9.17) is 0 Å². The molecular formula is C9H16N2S. The van der Waals surface area contributed by atoms with Crippen LogP contribution in [0.3, 0.4) is 0 Å². The molecule has 0 bridgehead atoms. The number of hydrogen-bond acceptors (Lipinski definition) is 2. The molecule has 0 spiro atoms. The van der Waals surface area contributed by atoms with E-state index < -0.39 is 0 Å². The van der Waals surface area contributed by atoms with Crippen LogP contribution in [0.25, 0.3) is 0 Å². The molecular weight excluding hydrogens is 168 g/mol. The third kappa shape index (κ3) is 1.48. The second-order valence-electron chi connectivity index (χ2n) is 3.65. The van der Waals surface area contributed by atoms with Crippen LogP contribution >= 0.6 is 10.5 Å². The SMILES string of the molecule is CC(C)N1CCC2=S(CC=N2)C1. The summed E-state index contributed by atoms with van der Waals surface area (Å²) in [6.45, 7) is 5.78. The second kappa shape index (κ2) is 3.30. The topological polar surface area (TPSA) is 15.6 Å². The van der Waals surface area contributed by atoms with Gasteiger partial charge in [0.25, 0.3) is 0 Å². The standard InChI is InChI=1S/C9H16N2S/c1-8(2)11-5-3-9-10-4-6-12(9)7-11/h4,8H,3,5-7H2,1-2H3. The van der Waals surface area contributed by atoms with Gasteiger partial charge in [0.05, 0.1) is 4.99 Å². The summed E-state index contributed by atoms with van der Waals surface area (Å²) in [6, 6.07) is 0.708. The fourth-order valence-corrected chi connectivity index (χ4v) is 3.78. The minimum Gasteiger partial charge on any atom is -0.292 e. The van der Waals surface area contributed by atoms with Gasteiger partial charge in [0.2, 0.25) is 0 Å². The second-order valence-corrected chi connectivity index (χ2v) is 5.70. The highest BCUT2D eigenvalue weighted by molar-refractivity contribution is 8.16. The Labute approximate surface area is 76.6 Å². The molecule has 0 aromatic rings. The molecule has 2 aliphatic rings. The van der Waals surface area contributed by atoms with Crippen molar-refractivity contribution < 1.29 is 0 Å². The van der Waals surface area contributed by atoms with Crippen LogP contribution in [-0.4, -0.2) is 40.3 Å². The van der Waals surface area contributed by atoms with Crippen molar-refractivity contribution in [2.45, 2.75) is 26.3 Å². The van der Waals surface area contributed by atoms with Crippen LogP contribution in [0.15, 0.2) is 4.99 Å². The number of nitrogens with zero attached hydrogens (tertiary/aromatic N) is 2. The molecule has 12 heavy (non-hydrogen) atoms. The first-order valence-corrected chi connectivity index (χ1v) is 6.13. The van der Waals surface area contributed by atoms with Crippen molar-refractivity contribution >= 4 is 21.7 Å². The third-order valence-corrected chi connectivity index (χ3v) is 4.68. The summed E-state index contributed by atoms with van der Waals surface area (Å²) < 4.78 is 0. The Morgan fingerprint density at radius 3 is 3.17 bits per heavy atom. The monoisotopic (exact) mass is 184 g/mol. The van der Waals surface area contributed by atoms with Crippen LogP contribution in [0.2, 0.25) is 0 Å². The zero-order valence-corrected chi connectivity index (χ0v) is 8.60. The normalized spacial score (nSPS) is 29.9. The summed E-state index contributed by atoms with van der Waals surface area (Å²) >= 11 is 0. The maximum Gasteiger partial charge on any atom is 0.0663 e. The van der Waals surface area contributed by atoms with E-state index in [1.54, 1.807) is 0 Å². The van der Waals surface area contributed by atoms with E-state index in [0.717, 1.165) is 0 Å². The maximum atomic E-state index is 4.43. The molecule has 2 aliphatic heterocycles. The summed E-state index contributed by atoms with van der Waals surface area (Å²) in [5, 5.41) is 0. The first-order valence-electron chi connectivity index (χ1n) is 4.57. The van der Waals surface area contributed by atoms with Gasteiger partial charge >= 0.3 is 0 Å². The fraction of sp³-hybridized carbons (Fsp3) is 0.778. The van der Waals surface area contributed by atoms with Gasteiger partial charge in [-0.15, -0.1) is 10.5 Å². The lowest BCUT2D eigenvalue weighted by Crippen LogP contribution is -2.36. The van der Waals surface area contributed by atoms with Gasteiger partial charge in [-0.05, 0) is 13.8 Å². The minimum atomic E-state index is 0.484. The van der Waals surface area contributed by atoms with Crippen molar-refractivity contribution in [2.24, 2.45) is 4.99 Å². The Hall–Kier alpha value is -0.150. The molecule has 0 N–H and O–H groups in total. The van der Waals surface area contributed by atoms with E-state index in [1.807, 2.05) is 0 Å². The van der Waals surface area contributed by atoms with Crippen LogP contribution in [0.4, 0.5) is 0 Å². The largest absolute Gasteiger partial charge is 0.292 e.